The molecule has 1 aromatic rings. The first kappa shape index (κ1) is 13.1. The lowest BCUT2D eigenvalue weighted by molar-refractivity contribution is 0.607. The minimum Gasteiger partial charge on any atom is -0.0727 e. The van der Waals surface area contributed by atoms with Gasteiger partial charge in [-0.25, -0.2) is 0 Å². The molecule has 18 heavy (non-hydrogen) atoms. The van der Waals surface area contributed by atoms with Crippen molar-refractivity contribution in [2.24, 2.45) is 5.92 Å². The Labute approximate surface area is 111 Å². The van der Waals surface area contributed by atoms with Crippen molar-refractivity contribution >= 4 is 0 Å². The summed E-state index contributed by atoms with van der Waals surface area (Å²) in [6.07, 6.45) is 5.84. The predicted molar refractivity (Wildman–Crippen MR) is 80.0 cm³/mol. The number of hydrogen-bond donors (Lipinski definition) is 0. The van der Waals surface area contributed by atoms with Gasteiger partial charge in [-0.2, -0.15) is 0 Å². The van der Waals surface area contributed by atoms with E-state index in [1.54, 1.807) is 5.57 Å². The Morgan fingerprint density at radius 1 is 1.11 bits per heavy atom. The van der Waals surface area contributed by atoms with E-state index < -0.39 is 0 Å². The highest BCUT2D eigenvalue weighted by atomic mass is 14.3. The van der Waals surface area contributed by atoms with Gasteiger partial charge >= 0.3 is 0 Å². The van der Waals surface area contributed by atoms with Gasteiger partial charge in [0.05, 0.1) is 0 Å². The lowest BCUT2D eigenvalue weighted by Crippen LogP contribution is -2.11. The minimum absolute atomic E-state index is 0.532. The van der Waals surface area contributed by atoms with Crippen molar-refractivity contribution in [3.63, 3.8) is 0 Å². The topological polar surface area (TPSA) is 0 Å². The van der Waals surface area contributed by atoms with Crippen molar-refractivity contribution in [2.45, 2.75) is 47.0 Å². The van der Waals surface area contributed by atoms with Gasteiger partial charge in [0.15, 0.2) is 0 Å². The summed E-state index contributed by atoms with van der Waals surface area (Å²) in [5.41, 5.74) is 7.32. The second kappa shape index (κ2) is 5.14. The van der Waals surface area contributed by atoms with Crippen LogP contribution in [0.2, 0.25) is 0 Å². The van der Waals surface area contributed by atoms with E-state index in [1.807, 2.05) is 0 Å². The summed E-state index contributed by atoms with van der Waals surface area (Å²) in [7, 11) is 0. The highest BCUT2D eigenvalue weighted by Crippen LogP contribution is 2.36. The molecule has 0 nitrogen and oxygen atoms in total. The molecule has 0 heterocycles. The molecule has 0 N–H and O–H groups in total. The summed E-state index contributed by atoms with van der Waals surface area (Å²) >= 11 is 0. The normalized spacial score (nSPS) is 21.3. The average molecular weight is 240 g/mol. The third-order valence-corrected chi connectivity index (χ3v) is 4.15. The molecule has 96 valence electrons. The van der Waals surface area contributed by atoms with E-state index in [2.05, 4.69) is 65.0 Å². The second-order valence-corrected chi connectivity index (χ2v) is 5.87. The molecule has 0 aromatic heterocycles. The van der Waals surface area contributed by atoms with Gasteiger partial charge < -0.3 is 0 Å². The van der Waals surface area contributed by atoms with Crippen LogP contribution < -0.4 is 0 Å². The molecule has 2 rings (SSSR count). The van der Waals surface area contributed by atoms with Gasteiger partial charge in [-0.05, 0) is 44.2 Å². The molecule has 0 radical (unpaired) electrons. The molecule has 0 saturated heterocycles. The lowest BCUT2D eigenvalue weighted by atomic mass is 9.78. The van der Waals surface area contributed by atoms with Crippen LogP contribution in [0.3, 0.4) is 0 Å². The molecular formula is C18H24. The number of hydrogen-bond acceptors (Lipinski definition) is 0. The standard InChI is InChI=1S/C18H24/c1-12-6-8-17(14(3)10-12)16(5)18-9-7-13(2)11-15(18)4/h6-10,15-16H,11H2,1-5H3. The highest BCUT2D eigenvalue weighted by Gasteiger charge is 2.20. The van der Waals surface area contributed by atoms with Gasteiger partial charge in [-0.3, -0.25) is 0 Å². The molecule has 0 bridgehead atoms. The van der Waals surface area contributed by atoms with Crippen molar-refractivity contribution in [2.75, 3.05) is 0 Å². The van der Waals surface area contributed by atoms with Crippen molar-refractivity contribution in [3.05, 3.63) is 58.2 Å². The Kier molecular flexibility index (Phi) is 3.75. The number of allylic oxidation sites excluding steroid dienone is 4. The molecule has 0 saturated carbocycles. The maximum atomic E-state index is 2.35. The summed E-state index contributed by atoms with van der Waals surface area (Å²) in [4.78, 5) is 0. The van der Waals surface area contributed by atoms with Crippen LogP contribution in [0.4, 0.5) is 0 Å². The SMILES string of the molecule is CC1=CC=C(C(C)c2ccc(C)cc2C)C(C)C1. The van der Waals surface area contributed by atoms with Gasteiger partial charge in [0.2, 0.25) is 0 Å². The smallest absolute Gasteiger partial charge is 0.00283 e. The highest BCUT2D eigenvalue weighted by molar-refractivity contribution is 5.40. The van der Waals surface area contributed by atoms with Crippen LogP contribution in [-0.2, 0) is 0 Å². The fourth-order valence-corrected chi connectivity index (χ4v) is 3.13. The zero-order chi connectivity index (χ0) is 13.3. The van der Waals surface area contributed by atoms with Gasteiger partial charge in [-0.1, -0.05) is 60.9 Å². The molecule has 2 unspecified atom stereocenters. The van der Waals surface area contributed by atoms with E-state index in [-0.39, 0.29) is 0 Å². The van der Waals surface area contributed by atoms with E-state index in [9.17, 15) is 0 Å². The van der Waals surface area contributed by atoms with Crippen molar-refractivity contribution < 1.29 is 0 Å². The number of rotatable bonds is 2. The molecule has 2 atom stereocenters. The molecule has 0 amide bonds. The minimum atomic E-state index is 0.532. The fourth-order valence-electron chi connectivity index (χ4n) is 3.13. The molecule has 0 aliphatic heterocycles. The number of aryl methyl sites for hydroxylation is 2. The summed E-state index contributed by atoms with van der Waals surface area (Å²) < 4.78 is 0. The maximum absolute atomic E-state index is 2.35. The van der Waals surface area contributed by atoms with E-state index in [0.717, 1.165) is 0 Å². The Morgan fingerprint density at radius 2 is 1.83 bits per heavy atom. The molecule has 1 aliphatic rings. The predicted octanol–water partition coefficient (Wildman–Crippen LogP) is 5.32. The van der Waals surface area contributed by atoms with Crippen LogP contribution in [0.5, 0.6) is 0 Å². The number of benzene rings is 1. The van der Waals surface area contributed by atoms with E-state index in [0.29, 0.717) is 11.8 Å². The first-order valence-electron chi connectivity index (χ1n) is 6.93. The first-order chi connectivity index (χ1) is 8.49. The third kappa shape index (κ3) is 2.58. The summed E-state index contributed by atoms with van der Waals surface area (Å²) in [5.74, 6) is 1.20. The lowest BCUT2D eigenvalue weighted by Gasteiger charge is -2.26. The van der Waals surface area contributed by atoms with Crippen LogP contribution >= 0.6 is 0 Å². The largest absolute Gasteiger partial charge is 0.0727 e. The summed E-state index contributed by atoms with van der Waals surface area (Å²) in [5, 5.41) is 0. The zero-order valence-electron chi connectivity index (χ0n) is 12.2. The van der Waals surface area contributed by atoms with Crippen molar-refractivity contribution in [3.8, 4) is 0 Å². The Bertz CT molecular complexity index is 503. The van der Waals surface area contributed by atoms with Crippen LogP contribution in [0.15, 0.2) is 41.5 Å². The first-order valence-corrected chi connectivity index (χ1v) is 6.93. The van der Waals surface area contributed by atoms with Crippen molar-refractivity contribution in [1.82, 2.24) is 0 Å². The molecular weight excluding hydrogens is 216 g/mol. The molecule has 1 aliphatic carbocycles. The second-order valence-electron chi connectivity index (χ2n) is 5.87. The van der Waals surface area contributed by atoms with E-state index in [4.69, 9.17) is 0 Å². The Balaban J connectivity index is 2.34. The Morgan fingerprint density at radius 3 is 2.44 bits per heavy atom. The van der Waals surface area contributed by atoms with Crippen molar-refractivity contribution in [1.29, 1.82) is 0 Å². The Hall–Kier alpha value is -1.30. The van der Waals surface area contributed by atoms with Gasteiger partial charge in [0.1, 0.15) is 0 Å². The van der Waals surface area contributed by atoms with Gasteiger partial charge in [-0.15, -0.1) is 0 Å². The molecule has 0 spiro atoms. The molecule has 0 heteroatoms. The van der Waals surface area contributed by atoms with Crippen LogP contribution in [0, 0.1) is 19.8 Å². The average Bonchev–Trinajstić information content (AvgIpc) is 2.28. The van der Waals surface area contributed by atoms with Crippen LogP contribution in [-0.4, -0.2) is 0 Å². The fraction of sp³-hybridized carbons (Fsp3) is 0.444. The van der Waals surface area contributed by atoms with Gasteiger partial charge in [0, 0.05) is 5.92 Å². The van der Waals surface area contributed by atoms with Crippen LogP contribution in [0.1, 0.15) is 49.8 Å². The quantitative estimate of drug-likeness (QED) is 0.656. The van der Waals surface area contributed by atoms with Gasteiger partial charge in [0.25, 0.3) is 0 Å². The third-order valence-electron chi connectivity index (χ3n) is 4.15. The van der Waals surface area contributed by atoms with E-state index in [1.165, 1.54) is 28.7 Å². The zero-order valence-corrected chi connectivity index (χ0v) is 12.2. The molecule has 1 aromatic carbocycles. The van der Waals surface area contributed by atoms with E-state index >= 15 is 0 Å². The van der Waals surface area contributed by atoms with Crippen LogP contribution in [0.25, 0.3) is 0 Å². The summed E-state index contributed by atoms with van der Waals surface area (Å²) in [6, 6.07) is 6.82. The molecule has 0 fully saturated rings. The monoisotopic (exact) mass is 240 g/mol. The summed E-state index contributed by atoms with van der Waals surface area (Å²) in [6.45, 7) is 11.3. The maximum Gasteiger partial charge on any atom is 0.00283 e.